The third-order valence-electron chi connectivity index (χ3n) is 1.07. The summed E-state index contributed by atoms with van der Waals surface area (Å²) in [5.41, 5.74) is 5.63. The first-order chi connectivity index (χ1) is 4.20. The number of hydrogen-bond donors (Lipinski definition) is 1. The standard InChI is InChI=1S/C6H6FNO/c7-5-2-1-4(8)3-6(5)9/h1-2H,3,8H2. The molecule has 0 aromatic rings. The fourth-order valence-corrected chi connectivity index (χ4v) is 0.602. The van der Waals surface area contributed by atoms with Crippen molar-refractivity contribution in [2.24, 2.45) is 5.73 Å². The van der Waals surface area contributed by atoms with Gasteiger partial charge in [-0.2, -0.15) is 0 Å². The van der Waals surface area contributed by atoms with E-state index in [1.54, 1.807) is 0 Å². The minimum absolute atomic E-state index is 0.0162. The maximum absolute atomic E-state index is 12.2. The van der Waals surface area contributed by atoms with Crippen LogP contribution in [0.4, 0.5) is 4.39 Å². The molecule has 0 spiro atoms. The molecule has 0 fully saturated rings. The van der Waals surface area contributed by atoms with E-state index in [-0.39, 0.29) is 6.42 Å². The smallest absolute Gasteiger partial charge is 0.196 e. The van der Waals surface area contributed by atoms with E-state index < -0.39 is 11.6 Å². The second-order valence-electron chi connectivity index (χ2n) is 1.86. The van der Waals surface area contributed by atoms with Crippen molar-refractivity contribution < 1.29 is 9.18 Å². The van der Waals surface area contributed by atoms with Crippen molar-refractivity contribution in [1.82, 2.24) is 0 Å². The molecule has 0 saturated carbocycles. The van der Waals surface area contributed by atoms with Crippen LogP contribution in [0.2, 0.25) is 0 Å². The first-order valence-corrected chi connectivity index (χ1v) is 2.55. The Bertz CT molecular complexity index is 205. The molecule has 0 aromatic heterocycles. The average molecular weight is 127 g/mol. The molecule has 0 saturated heterocycles. The van der Waals surface area contributed by atoms with Crippen LogP contribution in [0, 0.1) is 0 Å². The summed E-state index contributed by atoms with van der Waals surface area (Å²) >= 11 is 0. The second-order valence-corrected chi connectivity index (χ2v) is 1.86. The van der Waals surface area contributed by atoms with Crippen LogP contribution in [0.5, 0.6) is 0 Å². The fraction of sp³-hybridized carbons (Fsp3) is 0.167. The molecule has 0 atom stereocenters. The monoisotopic (exact) mass is 127 g/mol. The van der Waals surface area contributed by atoms with E-state index in [1.807, 2.05) is 0 Å². The van der Waals surface area contributed by atoms with E-state index in [2.05, 4.69) is 0 Å². The van der Waals surface area contributed by atoms with Crippen LogP contribution in [0.25, 0.3) is 0 Å². The van der Waals surface area contributed by atoms with Crippen molar-refractivity contribution in [3.63, 3.8) is 0 Å². The Morgan fingerprint density at radius 2 is 2.22 bits per heavy atom. The molecule has 2 N–H and O–H groups in total. The lowest BCUT2D eigenvalue weighted by molar-refractivity contribution is -0.116. The number of carbonyl (C=O) groups excluding carboxylic acids is 1. The summed E-state index contributed by atoms with van der Waals surface area (Å²) < 4.78 is 12.2. The highest BCUT2D eigenvalue weighted by Crippen LogP contribution is 2.11. The maximum atomic E-state index is 12.2. The number of ketones is 1. The maximum Gasteiger partial charge on any atom is 0.196 e. The Kier molecular flexibility index (Phi) is 1.34. The van der Waals surface area contributed by atoms with Gasteiger partial charge in [-0.05, 0) is 12.2 Å². The highest BCUT2D eigenvalue weighted by molar-refractivity contribution is 5.96. The molecule has 0 radical (unpaired) electrons. The van der Waals surface area contributed by atoms with E-state index in [0.717, 1.165) is 6.08 Å². The van der Waals surface area contributed by atoms with Gasteiger partial charge in [0.25, 0.3) is 0 Å². The number of carbonyl (C=O) groups is 1. The molecule has 0 aliphatic heterocycles. The molecule has 0 heterocycles. The Morgan fingerprint density at radius 1 is 1.56 bits per heavy atom. The lowest BCUT2D eigenvalue weighted by Crippen LogP contribution is -2.09. The number of allylic oxidation sites excluding steroid dienone is 4. The lowest BCUT2D eigenvalue weighted by Gasteiger charge is -2.01. The molecule has 2 nitrogen and oxygen atoms in total. The number of halogens is 1. The molecule has 1 rings (SSSR count). The summed E-state index contributed by atoms with van der Waals surface area (Å²) in [6.07, 6.45) is 2.50. The molecule has 0 amide bonds. The molecular weight excluding hydrogens is 121 g/mol. The number of Topliss-reactive ketones (excluding diaryl/α,β-unsaturated/α-hetero) is 1. The van der Waals surface area contributed by atoms with Gasteiger partial charge in [-0.25, -0.2) is 4.39 Å². The summed E-state index contributed by atoms with van der Waals surface area (Å²) in [4.78, 5) is 10.4. The third kappa shape index (κ3) is 1.16. The first kappa shape index (κ1) is 6.01. The topological polar surface area (TPSA) is 43.1 Å². The van der Waals surface area contributed by atoms with E-state index in [1.165, 1.54) is 6.08 Å². The zero-order chi connectivity index (χ0) is 6.85. The Balaban J connectivity index is 2.86. The van der Waals surface area contributed by atoms with Crippen molar-refractivity contribution in [2.45, 2.75) is 6.42 Å². The van der Waals surface area contributed by atoms with Gasteiger partial charge in [-0.15, -0.1) is 0 Å². The highest BCUT2D eigenvalue weighted by Gasteiger charge is 2.12. The summed E-state index contributed by atoms with van der Waals surface area (Å²) in [5, 5.41) is 0. The Hall–Kier alpha value is -1.12. The highest BCUT2D eigenvalue weighted by atomic mass is 19.1. The number of nitrogens with two attached hydrogens (primary N) is 1. The summed E-state index contributed by atoms with van der Waals surface area (Å²) in [6.45, 7) is 0. The van der Waals surface area contributed by atoms with Crippen molar-refractivity contribution in [3.05, 3.63) is 23.7 Å². The van der Waals surface area contributed by atoms with E-state index in [9.17, 15) is 9.18 Å². The lowest BCUT2D eigenvalue weighted by atomic mass is 10.1. The minimum atomic E-state index is -0.704. The molecule has 1 aliphatic carbocycles. The molecular formula is C6H6FNO. The van der Waals surface area contributed by atoms with Gasteiger partial charge in [0.15, 0.2) is 11.6 Å². The van der Waals surface area contributed by atoms with Crippen LogP contribution >= 0.6 is 0 Å². The van der Waals surface area contributed by atoms with Gasteiger partial charge in [0.05, 0.1) is 6.42 Å². The van der Waals surface area contributed by atoms with E-state index in [0.29, 0.717) is 5.70 Å². The SMILES string of the molecule is NC1=CC=C(F)C(=O)C1. The van der Waals surface area contributed by atoms with Gasteiger partial charge in [0, 0.05) is 5.70 Å². The van der Waals surface area contributed by atoms with E-state index >= 15 is 0 Å². The quantitative estimate of drug-likeness (QED) is 0.519. The van der Waals surface area contributed by atoms with E-state index in [4.69, 9.17) is 5.73 Å². The van der Waals surface area contributed by atoms with Crippen molar-refractivity contribution >= 4 is 5.78 Å². The minimum Gasteiger partial charge on any atom is -0.402 e. The Labute approximate surface area is 51.8 Å². The third-order valence-corrected chi connectivity index (χ3v) is 1.07. The van der Waals surface area contributed by atoms with Gasteiger partial charge in [-0.3, -0.25) is 4.79 Å². The normalized spacial score (nSPS) is 19.0. The zero-order valence-corrected chi connectivity index (χ0v) is 4.73. The van der Waals surface area contributed by atoms with Gasteiger partial charge < -0.3 is 5.73 Å². The summed E-state index contributed by atoms with van der Waals surface area (Å²) in [6, 6.07) is 0. The first-order valence-electron chi connectivity index (χ1n) is 2.55. The molecule has 9 heavy (non-hydrogen) atoms. The molecule has 1 aliphatic rings. The van der Waals surface area contributed by atoms with Gasteiger partial charge in [-0.1, -0.05) is 0 Å². The van der Waals surface area contributed by atoms with Crippen LogP contribution in [0.15, 0.2) is 23.7 Å². The molecule has 0 bridgehead atoms. The van der Waals surface area contributed by atoms with Crippen LogP contribution in [0.1, 0.15) is 6.42 Å². The molecule has 0 aromatic carbocycles. The zero-order valence-electron chi connectivity index (χ0n) is 4.73. The number of rotatable bonds is 0. The van der Waals surface area contributed by atoms with Crippen molar-refractivity contribution in [3.8, 4) is 0 Å². The predicted molar refractivity (Wildman–Crippen MR) is 31.1 cm³/mol. The fourth-order valence-electron chi connectivity index (χ4n) is 0.602. The summed E-state index contributed by atoms with van der Waals surface area (Å²) in [5.74, 6) is -1.24. The molecule has 3 heteroatoms. The Morgan fingerprint density at radius 3 is 2.67 bits per heavy atom. The predicted octanol–water partition coefficient (Wildman–Crippen LogP) is 0.655. The van der Waals surface area contributed by atoms with Crippen molar-refractivity contribution in [1.29, 1.82) is 0 Å². The number of hydrogen-bond acceptors (Lipinski definition) is 2. The van der Waals surface area contributed by atoms with Crippen LogP contribution in [0.3, 0.4) is 0 Å². The van der Waals surface area contributed by atoms with Gasteiger partial charge in [0.2, 0.25) is 0 Å². The largest absolute Gasteiger partial charge is 0.402 e. The van der Waals surface area contributed by atoms with Gasteiger partial charge >= 0.3 is 0 Å². The van der Waals surface area contributed by atoms with Crippen LogP contribution in [-0.4, -0.2) is 5.78 Å². The molecule has 0 unspecified atom stereocenters. The second kappa shape index (κ2) is 2.01. The molecule has 48 valence electrons. The van der Waals surface area contributed by atoms with Crippen LogP contribution in [-0.2, 0) is 4.79 Å². The summed E-state index contributed by atoms with van der Waals surface area (Å²) in [7, 11) is 0. The van der Waals surface area contributed by atoms with Crippen molar-refractivity contribution in [2.75, 3.05) is 0 Å². The van der Waals surface area contributed by atoms with Crippen LogP contribution < -0.4 is 5.73 Å². The average Bonchev–Trinajstić information content (AvgIpc) is 1.80. The van der Waals surface area contributed by atoms with Gasteiger partial charge in [0.1, 0.15) is 0 Å².